The van der Waals surface area contributed by atoms with Crippen molar-refractivity contribution in [2.75, 3.05) is 20.1 Å². The van der Waals surface area contributed by atoms with Crippen LogP contribution in [-0.2, 0) is 24.5 Å². The molecule has 0 atom stereocenters. The first-order valence-corrected chi connectivity index (χ1v) is 11.1. The number of likely N-dealkylation sites (tertiary alicyclic amines) is 1. The fourth-order valence-electron chi connectivity index (χ4n) is 3.85. The van der Waals surface area contributed by atoms with Gasteiger partial charge in [-0.3, -0.25) is 4.99 Å². The average Bonchev–Trinajstić information content (AvgIpc) is 2.78. The molecule has 0 spiro atoms. The van der Waals surface area contributed by atoms with Gasteiger partial charge in [-0.15, -0.1) is 0 Å². The molecule has 2 aromatic carbocycles. The first kappa shape index (κ1) is 22.3. The van der Waals surface area contributed by atoms with E-state index in [2.05, 4.69) is 70.8 Å². The molecule has 0 amide bonds. The molecule has 2 aromatic rings. The van der Waals surface area contributed by atoms with E-state index in [1.54, 1.807) is 0 Å². The number of hydrogen-bond acceptors (Lipinski definition) is 3. The summed E-state index contributed by atoms with van der Waals surface area (Å²) in [5.41, 5.74) is 3.64. The molecule has 5 nitrogen and oxygen atoms in total. The quantitative estimate of drug-likeness (QED) is 0.513. The summed E-state index contributed by atoms with van der Waals surface area (Å²) in [7, 11) is 1.84. The second kappa shape index (κ2) is 11.7. The molecule has 0 bridgehead atoms. The lowest BCUT2D eigenvalue weighted by molar-refractivity contribution is 0.106. The van der Waals surface area contributed by atoms with Crippen molar-refractivity contribution < 1.29 is 4.74 Å². The maximum Gasteiger partial charge on any atom is 0.191 e. The predicted octanol–water partition coefficient (Wildman–Crippen LogP) is 3.94. The molecule has 3 rings (SSSR count). The van der Waals surface area contributed by atoms with Crippen molar-refractivity contribution in [3.8, 4) is 0 Å². The number of piperidine rings is 1. The lowest BCUT2D eigenvalue weighted by atomic mass is 10.0. The van der Waals surface area contributed by atoms with Crippen molar-refractivity contribution in [1.29, 1.82) is 0 Å². The molecule has 2 N–H and O–H groups in total. The van der Waals surface area contributed by atoms with Gasteiger partial charge in [0, 0.05) is 38.8 Å². The van der Waals surface area contributed by atoms with Crippen molar-refractivity contribution in [1.82, 2.24) is 15.5 Å². The van der Waals surface area contributed by atoms with E-state index < -0.39 is 0 Å². The minimum atomic E-state index is 0.482. The van der Waals surface area contributed by atoms with Gasteiger partial charge in [-0.05, 0) is 43.4 Å². The van der Waals surface area contributed by atoms with Crippen LogP contribution in [0.2, 0.25) is 0 Å². The second-order valence-corrected chi connectivity index (χ2v) is 8.22. The van der Waals surface area contributed by atoms with Gasteiger partial charge < -0.3 is 20.3 Å². The summed E-state index contributed by atoms with van der Waals surface area (Å²) in [6.45, 7) is 8.80. The first-order valence-electron chi connectivity index (χ1n) is 11.1. The molecule has 0 aliphatic carbocycles. The van der Waals surface area contributed by atoms with Gasteiger partial charge in [0.05, 0.1) is 13.2 Å². The molecular weight excluding hydrogens is 372 g/mol. The Bertz CT molecular complexity index is 783. The summed E-state index contributed by atoms with van der Waals surface area (Å²) in [6.07, 6.45) is 2.31. The third-order valence-corrected chi connectivity index (χ3v) is 5.76. The van der Waals surface area contributed by atoms with E-state index in [4.69, 9.17) is 4.74 Å². The molecule has 1 aliphatic rings. The number of guanidine groups is 1. The number of rotatable bonds is 8. The molecule has 5 heteroatoms. The summed E-state index contributed by atoms with van der Waals surface area (Å²) < 4.78 is 5.95. The van der Waals surface area contributed by atoms with E-state index in [-0.39, 0.29) is 0 Å². The summed E-state index contributed by atoms with van der Waals surface area (Å²) in [4.78, 5) is 6.97. The maximum absolute atomic E-state index is 5.95. The van der Waals surface area contributed by atoms with Crippen LogP contribution >= 0.6 is 0 Å². The molecule has 1 aliphatic heterocycles. The van der Waals surface area contributed by atoms with Crippen molar-refractivity contribution >= 4 is 5.96 Å². The van der Waals surface area contributed by atoms with Crippen LogP contribution in [0.1, 0.15) is 43.4 Å². The lowest BCUT2D eigenvalue weighted by Gasteiger charge is -2.35. The highest BCUT2D eigenvalue weighted by Crippen LogP contribution is 2.14. The normalized spacial score (nSPS) is 16.1. The fourth-order valence-corrected chi connectivity index (χ4v) is 3.85. The van der Waals surface area contributed by atoms with Crippen molar-refractivity contribution in [3.05, 3.63) is 71.3 Å². The van der Waals surface area contributed by atoms with Gasteiger partial charge in [0.25, 0.3) is 0 Å². The molecule has 162 valence electrons. The van der Waals surface area contributed by atoms with Crippen LogP contribution in [0.25, 0.3) is 0 Å². The van der Waals surface area contributed by atoms with Crippen LogP contribution in [-0.4, -0.2) is 43.1 Å². The third-order valence-electron chi connectivity index (χ3n) is 5.76. The maximum atomic E-state index is 5.95. The Kier molecular flexibility index (Phi) is 8.72. The standard InChI is InChI=1S/C25H36N4O/c1-20(2)29-15-13-24(14-16-29)28-25(26-3)27-17-22-11-7-8-12-23(22)19-30-18-21-9-5-4-6-10-21/h4-12,20,24H,13-19H2,1-3H3,(H2,26,27,28). The largest absolute Gasteiger partial charge is 0.372 e. The zero-order valence-corrected chi connectivity index (χ0v) is 18.6. The number of hydrogen-bond donors (Lipinski definition) is 2. The molecule has 1 fully saturated rings. The van der Waals surface area contributed by atoms with Crippen LogP contribution in [0.15, 0.2) is 59.6 Å². The predicted molar refractivity (Wildman–Crippen MR) is 124 cm³/mol. The van der Waals surface area contributed by atoms with Gasteiger partial charge in [0.1, 0.15) is 0 Å². The summed E-state index contributed by atoms with van der Waals surface area (Å²) >= 11 is 0. The van der Waals surface area contributed by atoms with E-state index in [0.29, 0.717) is 25.3 Å². The van der Waals surface area contributed by atoms with Gasteiger partial charge >= 0.3 is 0 Å². The topological polar surface area (TPSA) is 48.9 Å². The van der Waals surface area contributed by atoms with E-state index in [1.165, 1.54) is 16.7 Å². The van der Waals surface area contributed by atoms with Crippen LogP contribution in [0.4, 0.5) is 0 Å². The van der Waals surface area contributed by atoms with E-state index in [9.17, 15) is 0 Å². The van der Waals surface area contributed by atoms with Crippen molar-refractivity contribution in [3.63, 3.8) is 0 Å². The van der Waals surface area contributed by atoms with Crippen molar-refractivity contribution in [2.24, 2.45) is 4.99 Å². The van der Waals surface area contributed by atoms with E-state index >= 15 is 0 Å². The highest BCUT2D eigenvalue weighted by Gasteiger charge is 2.21. The summed E-state index contributed by atoms with van der Waals surface area (Å²) in [5, 5.41) is 7.09. The average molecular weight is 409 g/mol. The molecule has 0 aromatic heterocycles. The molecule has 0 unspecified atom stereocenters. The first-order chi connectivity index (χ1) is 14.7. The molecule has 1 saturated heterocycles. The molecule has 1 heterocycles. The third kappa shape index (κ3) is 6.85. The Morgan fingerprint density at radius 1 is 1.00 bits per heavy atom. The highest BCUT2D eigenvalue weighted by molar-refractivity contribution is 5.80. The number of benzene rings is 2. The Morgan fingerprint density at radius 3 is 2.33 bits per heavy atom. The monoisotopic (exact) mass is 408 g/mol. The molecular formula is C25H36N4O. The number of nitrogens with one attached hydrogen (secondary N) is 2. The van der Waals surface area contributed by atoms with Crippen LogP contribution < -0.4 is 10.6 Å². The van der Waals surface area contributed by atoms with Gasteiger partial charge in [-0.1, -0.05) is 54.6 Å². The zero-order valence-electron chi connectivity index (χ0n) is 18.6. The zero-order chi connectivity index (χ0) is 21.2. The van der Waals surface area contributed by atoms with Crippen molar-refractivity contribution in [2.45, 2.75) is 58.5 Å². The minimum Gasteiger partial charge on any atom is -0.372 e. The van der Waals surface area contributed by atoms with Crippen LogP contribution in [0.3, 0.4) is 0 Å². The molecule has 0 saturated carbocycles. The highest BCUT2D eigenvalue weighted by atomic mass is 16.5. The van der Waals surface area contributed by atoms with Gasteiger partial charge in [0.15, 0.2) is 5.96 Å². The molecule has 0 radical (unpaired) electrons. The van der Waals surface area contributed by atoms with Gasteiger partial charge in [-0.2, -0.15) is 0 Å². The van der Waals surface area contributed by atoms with Crippen LogP contribution in [0, 0.1) is 0 Å². The smallest absolute Gasteiger partial charge is 0.191 e. The number of ether oxygens (including phenoxy) is 1. The summed E-state index contributed by atoms with van der Waals surface area (Å²) in [5.74, 6) is 0.873. The Hall–Kier alpha value is -2.37. The summed E-state index contributed by atoms with van der Waals surface area (Å²) in [6, 6.07) is 19.9. The minimum absolute atomic E-state index is 0.482. The Balaban J connectivity index is 1.47. The molecule has 30 heavy (non-hydrogen) atoms. The Morgan fingerprint density at radius 2 is 1.67 bits per heavy atom. The Labute approximate surface area is 181 Å². The van der Waals surface area contributed by atoms with E-state index in [0.717, 1.165) is 38.4 Å². The number of aliphatic imine (C=N–C) groups is 1. The lowest BCUT2D eigenvalue weighted by Crippen LogP contribution is -2.49. The fraction of sp³-hybridized carbons (Fsp3) is 0.480. The van der Waals surface area contributed by atoms with Crippen LogP contribution in [0.5, 0.6) is 0 Å². The van der Waals surface area contributed by atoms with E-state index in [1.807, 2.05) is 25.2 Å². The number of nitrogens with zero attached hydrogens (tertiary/aromatic N) is 2. The van der Waals surface area contributed by atoms with Gasteiger partial charge in [0.2, 0.25) is 0 Å². The second-order valence-electron chi connectivity index (χ2n) is 8.22. The van der Waals surface area contributed by atoms with Gasteiger partial charge in [-0.25, -0.2) is 0 Å². The SMILES string of the molecule is CN=C(NCc1ccccc1COCc1ccccc1)NC1CCN(C(C)C)CC1.